The van der Waals surface area contributed by atoms with Gasteiger partial charge in [0.2, 0.25) is 0 Å². The topological polar surface area (TPSA) is 71.3 Å². The molecule has 5 nitrogen and oxygen atoms in total. The minimum Gasteiger partial charge on any atom is -0.507 e. The molecule has 1 aliphatic rings. The Kier molecular flexibility index (Phi) is 5.11. The fourth-order valence-electron chi connectivity index (χ4n) is 3.44. The Balaban J connectivity index is 2.06. The summed E-state index contributed by atoms with van der Waals surface area (Å²) in [5.41, 5.74) is 1.18. The molecule has 0 saturated heterocycles. The quantitative estimate of drug-likeness (QED) is 0.879. The van der Waals surface area contributed by atoms with Gasteiger partial charge in [0.1, 0.15) is 17.1 Å². The van der Waals surface area contributed by atoms with E-state index in [-0.39, 0.29) is 17.2 Å². The smallest absolute Gasteiger partial charge is 0.267 e. The first-order valence-electron chi connectivity index (χ1n) is 8.93. The van der Waals surface area contributed by atoms with Crippen LogP contribution in [0, 0.1) is 11.7 Å². The maximum absolute atomic E-state index is 13.0. The SMILES string of the molecule is CC(C)Cn1c2c(c(O)c(C(=O)Nc3ccc(F)cc3)c1=O)CCCC2. The molecule has 0 fully saturated rings. The number of hydrogen-bond acceptors (Lipinski definition) is 3. The van der Waals surface area contributed by atoms with E-state index in [0.717, 1.165) is 25.0 Å². The second kappa shape index (κ2) is 7.32. The molecule has 138 valence electrons. The molecule has 1 amide bonds. The molecule has 0 bridgehead atoms. The lowest BCUT2D eigenvalue weighted by atomic mass is 9.92. The number of carbonyl (C=O) groups is 1. The number of carbonyl (C=O) groups excluding carboxylic acids is 1. The monoisotopic (exact) mass is 358 g/mol. The van der Waals surface area contributed by atoms with E-state index in [4.69, 9.17) is 0 Å². The van der Waals surface area contributed by atoms with Gasteiger partial charge in [-0.2, -0.15) is 0 Å². The lowest BCUT2D eigenvalue weighted by Crippen LogP contribution is -2.34. The molecule has 2 N–H and O–H groups in total. The minimum absolute atomic E-state index is 0.218. The van der Waals surface area contributed by atoms with Crippen molar-refractivity contribution in [1.29, 1.82) is 0 Å². The largest absolute Gasteiger partial charge is 0.507 e. The molecule has 1 aliphatic carbocycles. The fraction of sp³-hybridized carbons (Fsp3) is 0.400. The van der Waals surface area contributed by atoms with Gasteiger partial charge in [-0.25, -0.2) is 4.39 Å². The number of rotatable bonds is 4. The Hall–Kier alpha value is -2.63. The van der Waals surface area contributed by atoms with Gasteiger partial charge in [-0.3, -0.25) is 9.59 Å². The summed E-state index contributed by atoms with van der Waals surface area (Å²) in [6.07, 6.45) is 3.26. The van der Waals surface area contributed by atoms with E-state index in [9.17, 15) is 19.1 Å². The van der Waals surface area contributed by atoms with Crippen molar-refractivity contribution in [2.75, 3.05) is 5.32 Å². The number of aromatic nitrogens is 1. The third kappa shape index (κ3) is 3.49. The molecule has 1 aromatic carbocycles. The molecule has 1 aromatic heterocycles. The number of benzene rings is 1. The highest BCUT2D eigenvalue weighted by atomic mass is 19.1. The maximum atomic E-state index is 13.0. The Morgan fingerprint density at radius 3 is 2.54 bits per heavy atom. The van der Waals surface area contributed by atoms with E-state index in [1.807, 2.05) is 13.8 Å². The highest BCUT2D eigenvalue weighted by Gasteiger charge is 2.27. The molecule has 26 heavy (non-hydrogen) atoms. The fourth-order valence-corrected chi connectivity index (χ4v) is 3.44. The highest BCUT2D eigenvalue weighted by Crippen LogP contribution is 2.31. The van der Waals surface area contributed by atoms with E-state index >= 15 is 0 Å². The van der Waals surface area contributed by atoms with Gasteiger partial charge < -0.3 is 15.0 Å². The molecule has 0 radical (unpaired) electrons. The average Bonchev–Trinajstić information content (AvgIpc) is 2.60. The van der Waals surface area contributed by atoms with E-state index in [0.29, 0.717) is 24.2 Å². The van der Waals surface area contributed by atoms with Crippen molar-refractivity contribution >= 4 is 11.6 Å². The van der Waals surface area contributed by atoms with Crippen LogP contribution in [0.3, 0.4) is 0 Å². The van der Waals surface area contributed by atoms with Crippen molar-refractivity contribution in [3.63, 3.8) is 0 Å². The minimum atomic E-state index is -0.676. The lowest BCUT2D eigenvalue weighted by Gasteiger charge is -2.24. The van der Waals surface area contributed by atoms with Crippen LogP contribution in [0.25, 0.3) is 0 Å². The van der Waals surface area contributed by atoms with E-state index in [1.165, 1.54) is 24.3 Å². The number of nitrogens with zero attached hydrogens (tertiary/aromatic N) is 1. The van der Waals surface area contributed by atoms with Gasteiger partial charge in [-0.1, -0.05) is 13.8 Å². The zero-order chi connectivity index (χ0) is 18.8. The number of hydrogen-bond donors (Lipinski definition) is 2. The number of pyridine rings is 1. The maximum Gasteiger partial charge on any atom is 0.267 e. The summed E-state index contributed by atoms with van der Waals surface area (Å²) in [7, 11) is 0. The molecule has 0 saturated carbocycles. The molecule has 0 atom stereocenters. The number of aromatic hydroxyl groups is 1. The second-order valence-corrected chi connectivity index (χ2v) is 7.13. The van der Waals surface area contributed by atoms with Crippen molar-refractivity contribution in [2.45, 2.75) is 46.1 Å². The van der Waals surface area contributed by atoms with Crippen LogP contribution in [0.1, 0.15) is 48.3 Å². The Bertz CT molecular complexity index is 885. The van der Waals surface area contributed by atoms with E-state index in [1.54, 1.807) is 4.57 Å². The zero-order valence-electron chi connectivity index (χ0n) is 15.0. The number of fused-ring (bicyclic) bond motifs is 1. The van der Waals surface area contributed by atoms with Crippen LogP contribution >= 0.6 is 0 Å². The average molecular weight is 358 g/mol. The molecule has 2 aromatic rings. The van der Waals surface area contributed by atoms with Crippen molar-refractivity contribution in [1.82, 2.24) is 4.57 Å². The van der Waals surface area contributed by atoms with Crippen molar-refractivity contribution in [3.05, 3.63) is 57.3 Å². The van der Waals surface area contributed by atoms with Crippen LogP contribution in [0.4, 0.5) is 10.1 Å². The first kappa shape index (κ1) is 18.2. The van der Waals surface area contributed by atoms with Gasteiger partial charge in [0, 0.05) is 23.5 Å². The molecule has 0 unspecified atom stereocenters. The van der Waals surface area contributed by atoms with Crippen LogP contribution in [0.15, 0.2) is 29.1 Å². The van der Waals surface area contributed by atoms with Gasteiger partial charge >= 0.3 is 0 Å². The van der Waals surface area contributed by atoms with Crippen molar-refractivity contribution < 1.29 is 14.3 Å². The van der Waals surface area contributed by atoms with E-state index < -0.39 is 17.3 Å². The van der Waals surface area contributed by atoms with Crippen LogP contribution in [-0.4, -0.2) is 15.6 Å². The molecule has 6 heteroatoms. The Labute approximate surface area is 151 Å². The normalized spacial score (nSPS) is 13.5. The standard InChI is InChI=1S/C20H23FN2O3/c1-12(2)11-23-16-6-4-3-5-15(16)18(24)17(20(23)26)19(25)22-14-9-7-13(21)8-10-14/h7-10,12,24H,3-6,11H2,1-2H3,(H,22,25). The number of nitrogens with one attached hydrogen (secondary N) is 1. The highest BCUT2D eigenvalue weighted by molar-refractivity contribution is 6.06. The van der Waals surface area contributed by atoms with Crippen LogP contribution in [0.5, 0.6) is 5.75 Å². The third-order valence-corrected chi connectivity index (χ3v) is 4.62. The van der Waals surface area contributed by atoms with Gasteiger partial charge in [0.05, 0.1) is 0 Å². The number of anilines is 1. The predicted octanol–water partition coefficient (Wildman–Crippen LogP) is 3.48. The van der Waals surface area contributed by atoms with Gasteiger partial charge in [0.15, 0.2) is 0 Å². The van der Waals surface area contributed by atoms with Crippen LogP contribution in [-0.2, 0) is 19.4 Å². The summed E-state index contributed by atoms with van der Waals surface area (Å²) in [6.45, 7) is 4.51. The summed E-state index contributed by atoms with van der Waals surface area (Å²) >= 11 is 0. The Morgan fingerprint density at radius 2 is 1.88 bits per heavy atom. The first-order chi connectivity index (χ1) is 12.4. The van der Waals surface area contributed by atoms with Crippen molar-refractivity contribution in [2.24, 2.45) is 5.92 Å². The molecule has 3 rings (SSSR count). The van der Waals surface area contributed by atoms with Crippen LogP contribution in [0.2, 0.25) is 0 Å². The number of amides is 1. The van der Waals surface area contributed by atoms with Gasteiger partial charge in [-0.15, -0.1) is 0 Å². The summed E-state index contributed by atoms with van der Waals surface area (Å²) in [4.78, 5) is 25.7. The summed E-state index contributed by atoms with van der Waals surface area (Å²) in [5.74, 6) is -1.08. The molecular formula is C20H23FN2O3. The number of halogens is 1. The zero-order valence-corrected chi connectivity index (χ0v) is 15.0. The van der Waals surface area contributed by atoms with Crippen LogP contribution < -0.4 is 10.9 Å². The summed E-state index contributed by atoms with van der Waals surface area (Å²) in [6, 6.07) is 5.27. The predicted molar refractivity (Wildman–Crippen MR) is 98.2 cm³/mol. The summed E-state index contributed by atoms with van der Waals surface area (Å²) < 4.78 is 14.7. The third-order valence-electron chi connectivity index (χ3n) is 4.62. The molecule has 0 aliphatic heterocycles. The Morgan fingerprint density at radius 1 is 1.23 bits per heavy atom. The molecule has 0 spiro atoms. The van der Waals surface area contributed by atoms with E-state index in [2.05, 4.69) is 5.32 Å². The van der Waals surface area contributed by atoms with Gasteiger partial charge in [0.25, 0.3) is 11.5 Å². The first-order valence-corrected chi connectivity index (χ1v) is 8.93. The van der Waals surface area contributed by atoms with Crippen molar-refractivity contribution in [3.8, 4) is 5.75 Å². The molecular weight excluding hydrogens is 335 g/mol. The molecule has 1 heterocycles. The second-order valence-electron chi connectivity index (χ2n) is 7.13. The van der Waals surface area contributed by atoms with Gasteiger partial charge in [-0.05, 0) is 55.9 Å². The lowest BCUT2D eigenvalue weighted by molar-refractivity contribution is 0.102. The summed E-state index contributed by atoms with van der Waals surface area (Å²) in [5, 5.41) is 13.2.